The SMILES string of the molecule is Cn1cccc1-c1nn(C[C@H]2CCCN2)c2nnc(-c3ccccc3)c(Cl)c12. The Bertz CT molecular complexity index is 1120. The van der Waals surface area contributed by atoms with Crippen molar-refractivity contribution in [2.75, 3.05) is 6.54 Å². The van der Waals surface area contributed by atoms with Gasteiger partial charge in [-0.05, 0) is 31.5 Å². The molecule has 142 valence electrons. The molecule has 1 aliphatic heterocycles. The minimum atomic E-state index is 0.402. The highest BCUT2D eigenvalue weighted by molar-refractivity contribution is 6.38. The summed E-state index contributed by atoms with van der Waals surface area (Å²) in [6.45, 7) is 1.82. The van der Waals surface area contributed by atoms with E-state index in [2.05, 4.69) is 26.1 Å². The van der Waals surface area contributed by atoms with Gasteiger partial charge in [0.05, 0.1) is 22.6 Å². The van der Waals surface area contributed by atoms with Gasteiger partial charge in [-0.15, -0.1) is 10.2 Å². The highest BCUT2D eigenvalue weighted by atomic mass is 35.5. The molecule has 7 heteroatoms. The normalized spacial score (nSPS) is 16.9. The second kappa shape index (κ2) is 7.04. The highest BCUT2D eigenvalue weighted by Crippen LogP contribution is 2.37. The van der Waals surface area contributed by atoms with Crippen LogP contribution in [0.5, 0.6) is 0 Å². The maximum Gasteiger partial charge on any atom is 0.182 e. The summed E-state index contributed by atoms with van der Waals surface area (Å²) in [5.74, 6) is 0. The molecule has 1 saturated heterocycles. The number of rotatable bonds is 4. The minimum Gasteiger partial charge on any atom is -0.349 e. The molecule has 1 fully saturated rings. The van der Waals surface area contributed by atoms with Gasteiger partial charge in [0.25, 0.3) is 0 Å². The van der Waals surface area contributed by atoms with Crippen LogP contribution in [0, 0.1) is 0 Å². The monoisotopic (exact) mass is 392 g/mol. The lowest BCUT2D eigenvalue weighted by atomic mass is 10.1. The first-order valence-corrected chi connectivity index (χ1v) is 9.93. The third-order valence-electron chi connectivity index (χ3n) is 5.39. The lowest BCUT2D eigenvalue weighted by Crippen LogP contribution is -2.27. The molecule has 0 bridgehead atoms. The van der Waals surface area contributed by atoms with E-state index in [-0.39, 0.29) is 0 Å². The van der Waals surface area contributed by atoms with Crippen LogP contribution in [0.1, 0.15) is 12.8 Å². The smallest absolute Gasteiger partial charge is 0.182 e. The molecule has 1 aromatic carbocycles. The summed E-state index contributed by atoms with van der Waals surface area (Å²) in [4.78, 5) is 0. The van der Waals surface area contributed by atoms with E-state index in [9.17, 15) is 0 Å². The van der Waals surface area contributed by atoms with Crippen molar-refractivity contribution in [3.8, 4) is 22.6 Å². The average Bonchev–Trinajstić information content (AvgIpc) is 3.44. The second-order valence-electron chi connectivity index (χ2n) is 7.26. The van der Waals surface area contributed by atoms with E-state index < -0.39 is 0 Å². The van der Waals surface area contributed by atoms with Crippen molar-refractivity contribution in [2.24, 2.45) is 7.05 Å². The molecule has 1 atom stereocenters. The van der Waals surface area contributed by atoms with E-state index in [1.165, 1.54) is 6.42 Å². The van der Waals surface area contributed by atoms with Gasteiger partial charge in [0, 0.05) is 24.8 Å². The molecule has 28 heavy (non-hydrogen) atoms. The van der Waals surface area contributed by atoms with Crippen LogP contribution in [-0.4, -0.2) is 37.1 Å². The Morgan fingerprint density at radius 1 is 1.11 bits per heavy atom. The number of fused-ring (bicyclic) bond motifs is 1. The average molecular weight is 393 g/mol. The van der Waals surface area contributed by atoms with Gasteiger partial charge in [0.2, 0.25) is 0 Å². The van der Waals surface area contributed by atoms with E-state index in [1.807, 2.05) is 54.3 Å². The maximum absolute atomic E-state index is 6.90. The van der Waals surface area contributed by atoms with Crippen LogP contribution in [0.15, 0.2) is 48.7 Å². The molecule has 6 nitrogen and oxygen atoms in total. The van der Waals surface area contributed by atoms with Crippen LogP contribution in [0.25, 0.3) is 33.7 Å². The van der Waals surface area contributed by atoms with Crippen LogP contribution in [0.3, 0.4) is 0 Å². The zero-order valence-corrected chi connectivity index (χ0v) is 16.4. The molecule has 3 aromatic heterocycles. The molecule has 0 amide bonds. The van der Waals surface area contributed by atoms with Gasteiger partial charge in [0.15, 0.2) is 5.65 Å². The van der Waals surface area contributed by atoms with Crippen LogP contribution in [-0.2, 0) is 13.6 Å². The van der Waals surface area contributed by atoms with E-state index in [4.69, 9.17) is 16.7 Å². The Hall–Kier alpha value is -2.70. The number of aryl methyl sites for hydroxylation is 1. The summed E-state index contributed by atoms with van der Waals surface area (Å²) in [6, 6.07) is 14.4. The Morgan fingerprint density at radius 3 is 2.68 bits per heavy atom. The first-order valence-electron chi connectivity index (χ1n) is 9.55. The van der Waals surface area contributed by atoms with Gasteiger partial charge in [-0.1, -0.05) is 41.9 Å². The standard InChI is InChI=1S/C21H21ClN6/c1-27-12-6-10-16(27)20-17-18(22)19(14-7-3-2-4-8-14)24-25-21(17)28(26-20)13-15-9-5-11-23-15/h2-4,6-8,10,12,15,23H,5,9,11,13H2,1H3/t15-/m1/s1. The van der Waals surface area contributed by atoms with Gasteiger partial charge >= 0.3 is 0 Å². The fraction of sp³-hybridized carbons (Fsp3) is 0.286. The molecular weight excluding hydrogens is 372 g/mol. The molecule has 1 aliphatic rings. The number of benzene rings is 1. The van der Waals surface area contributed by atoms with E-state index >= 15 is 0 Å². The second-order valence-corrected chi connectivity index (χ2v) is 7.63. The van der Waals surface area contributed by atoms with Crippen LogP contribution >= 0.6 is 11.6 Å². The summed E-state index contributed by atoms with van der Waals surface area (Å²) >= 11 is 6.90. The van der Waals surface area contributed by atoms with Crippen molar-refractivity contribution >= 4 is 22.6 Å². The fourth-order valence-corrected chi connectivity index (χ4v) is 4.25. The molecule has 4 heterocycles. The first kappa shape index (κ1) is 17.4. The zero-order chi connectivity index (χ0) is 19.1. The Kier molecular flexibility index (Phi) is 4.37. The third kappa shape index (κ3) is 2.89. The summed E-state index contributed by atoms with van der Waals surface area (Å²) in [5, 5.41) is 18.9. The summed E-state index contributed by atoms with van der Waals surface area (Å²) in [5.41, 5.74) is 4.22. The van der Waals surface area contributed by atoms with Gasteiger partial charge < -0.3 is 9.88 Å². The molecule has 0 radical (unpaired) electrons. The summed E-state index contributed by atoms with van der Waals surface area (Å²) < 4.78 is 4.01. The van der Waals surface area contributed by atoms with E-state index in [1.54, 1.807) is 0 Å². The van der Waals surface area contributed by atoms with E-state index in [0.717, 1.165) is 47.5 Å². The van der Waals surface area contributed by atoms with Crippen LogP contribution in [0.4, 0.5) is 0 Å². The number of nitrogens with zero attached hydrogens (tertiary/aromatic N) is 5. The molecule has 1 N–H and O–H groups in total. The van der Waals surface area contributed by atoms with Crippen molar-refractivity contribution in [3.63, 3.8) is 0 Å². The predicted molar refractivity (Wildman–Crippen MR) is 111 cm³/mol. The molecule has 5 rings (SSSR count). The largest absolute Gasteiger partial charge is 0.349 e. The molecular formula is C21H21ClN6. The van der Waals surface area contributed by atoms with Crippen LogP contribution < -0.4 is 5.32 Å². The first-order chi connectivity index (χ1) is 13.7. The maximum atomic E-state index is 6.90. The van der Waals surface area contributed by atoms with Gasteiger partial charge in [-0.2, -0.15) is 5.10 Å². The van der Waals surface area contributed by atoms with Gasteiger partial charge in [0.1, 0.15) is 11.4 Å². The quantitative estimate of drug-likeness (QED) is 0.572. The molecule has 0 unspecified atom stereocenters. The summed E-state index contributed by atoms with van der Waals surface area (Å²) in [7, 11) is 2.01. The number of aromatic nitrogens is 5. The topological polar surface area (TPSA) is 60.6 Å². The van der Waals surface area contributed by atoms with Gasteiger partial charge in [-0.25, -0.2) is 4.68 Å². The van der Waals surface area contributed by atoms with Gasteiger partial charge in [-0.3, -0.25) is 0 Å². The van der Waals surface area contributed by atoms with Crippen LogP contribution in [0.2, 0.25) is 5.02 Å². The Balaban J connectivity index is 1.72. The highest BCUT2D eigenvalue weighted by Gasteiger charge is 2.24. The zero-order valence-electron chi connectivity index (χ0n) is 15.6. The lowest BCUT2D eigenvalue weighted by molar-refractivity contribution is 0.484. The Morgan fingerprint density at radius 2 is 1.96 bits per heavy atom. The summed E-state index contributed by atoms with van der Waals surface area (Å²) in [6.07, 6.45) is 4.35. The van der Waals surface area contributed by atoms with Crippen molar-refractivity contribution in [2.45, 2.75) is 25.4 Å². The molecule has 0 saturated carbocycles. The number of hydrogen-bond donors (Lipinski definition) is 1. The van der Waals surface area contributed by atoms with Crippen molar-refractivity contribution in [1.29, 1.82) is 0 Å². The predicted octanol–water partition coefficient (Wildman–Crippen LogP) is 3.90. The molecule has 0 aliphatic carbocycles. The lowest BCUT2D eigenvalue weighted by Gasteiger charge is -2.10. The van der Waals surface area contributed by atoms with Crippen molar-refractivity contribution in [3.05, 3.63) is 53.7 Å². The third-order valence-corrected chi connectivity index (χ3v) is 5.76. The van der Waals surface area contributed by atoms with Crippen molar-refractivity contribution in [1.82, 2.24) is 29.9 Å². The van der Waals surface area contributed by atoms with E-state index in [0.29, 0.717) is 16.8 Å². The number of halogens is 1. The number of hydrogen-bond acceptors (Lipinski definition) is 4. The molecule has 4 aromatic rings. The fourth-order valence-electron chi connectivity index (χ4n) is 3.93. The molecule has 0 spiro atoms. The van der Waals surface area contributed by atoms with Crippen molar-refractivity contribution < 1.29 is 0 Å². The Labute approximate surface area is 168 Å². The number of nitrogens with one attached hydrogen (secondary N) is 1. The minimum absolute atomic E-state index is 0.402.